The van der Waals surface area contributed by atoms with Gasteiger partial charge in [-0.15, -0.1) is 6.58 Å². The number of fused-ring (bicyclic) bond motifs is 1. The Kier molecular flexibility index (Phi) is 7.43. The van der Waals surface area contributed by atoms with E-state index in [1.54, 1.807) is 0 Å². The van der Waals surface area contributed by atoms with Gasteiger partial charge in [0.05, 0.1) is 5.56 Å². The molecule has 4 rings (SSSR count). The molecule has 0 nitrogen and oxygen atoms in total. The lowest BCUT2D eigenvalue weighted by atomic mass is 9.77. The van der Waals surface area contributed by atoms with Crippen LogP contribution in [0.5, 0.6) is 0 Å². The molecule has 1 fully saturated rings. The standard InChI is InChI=1S/C31H33F/c1-3-5-7-25-13-21-30-29(22-25)20-19-28(31(30)32)18-12-24-10-16-27(17-11-24)26-14-8-23(6-4-2)9-15-26/h4,10-11,13,16-17,19-23,26H,2-3,5-9,14-15H2,1H3. The summed E-state index contributed by atoms with van der Waals surface area (Å²) in [6, 6.07) is 18.4. The SMILES string of the molecule is C=CCC1CCC(c2ccc(C#Cc3ccc4cc(CCCC)ccc4c3F)cc2)CC1. The molecule has 0 aromatic heterocycles. The maximum atomic E-state index is 15.0. The highest BCUT2D eigenvalue weighted by Gasteiger charge is 2.21. The van der Waals surface area contributed by atoms with Crippen molar-refractivity contribution in [1.29, 1.82) is 0 Å². The van der Waals surface area contributed by atoms with Crippen molar-refractivity contribution in [2.24, 2.45) is 5.92 Å². The summed E-state index contributed by atoms with van der Waals surface area (Å²) in [5.74, 6) is 7.46. The minimum atomic E-state index is -0.218. The van der Waals surface area contributed by atoms with E-state index in [0.717, 1.165) is 36.1 Å². The molecule has 0 radical (unpaired) electrons. The van der Waals surface area contributed by atoms with Gasteiger partial charge in [-0.05, 0) is 91.5 Å². The molecule has 3 aromatic rings. The molecule has 0 amide bonds. The predicted molar refractivity (Wildman–Crippen MR) is 134 cm³/mol. The zero-order chi connectivity index (χ0) is 22.3. The highest BCUT2D eigenvalue weighted by Crippen LogP contribution is 2.37. The molecule has 0 atom stereocenters. The molecule has 32 heavy (non-hydrogen) atoms. The molecule has 0 unspecified atom stereocenters. The molecule has 0 aliphatic heterocycles. The zero-order valence-corrected chi connectivity index (χ0v) is 19.2. The van der Waals surface area contributed by atoms with Crippen molar-refractivity contribution in [1.82, 2.24) is 0 Å². The third-order valence-corrected chi connectivity index (χ3v) is 6.91. The first-order chi connectivity index (χ1) is 15.7. The summed E-state index contributed by atoms with van der Waals surface area (Å²) in [7, 11) is 0. The van der Waals surface area contributed by atoms with Crippen molar-refractivity contribution >= 4 is 10.8 Å². The van der Waals surface area contributed by atoms with E-state index in [-0.39, 0.29) is 5.82 Å². The van der Waals surface area contributed by atoms with Crippen molar-refractivity contribution < 1.29 is 4.39 Å². The number of rotatable bonds is 6. The van der Waals surface area contributed by atoms with Crippen LogP contribution < -0.4 is 0 Å². The summed E-state index contributed by atoms with van der Waals surface area (Å²) in [5.41, 5.74) is 4.07. The van der Waals surface area contributed by atoms with Gasteiger partial charge in [-0.1, -0.05) is 67.7 Å². The predicted octanol–water partition coefficient (Wildman–Crippen LogP) is 8.57. The first-order valence-electron chi connectivity index (χ1n) is 12.1. The molecule has 0 saturated heterocycles. The lowest BCUT2D eigenvalue weighted by molar-refractivity contribution is 0.328. The normalized spacial score (nSPS) is 18.2. The first-order valence-corrected chi connectivity index (χ1v) is 12.1. The van der Waals surface area contributed by atoms with Crippen LogP contribution in [0.2, 0.25) is 0 Å². The third-order valence-electron chi connectivity index (χ3n) is 6.91. The van der Waals surface area contributed by atoms with Gasteiger partial charge in [0.2, 0.25) is 0 Å². The second kappa shape index (κ2) is 10.6. The fourth-order valence-corrected chi connectivity index (χ4v) is 4.92. The molecule has 1 aliphatic carbocycles. The van der Waals surface area contributed by atoms with E-state index in [2.05, 4.69) is 61.8 Å². The van der Waals surface area contributed by atoms with E-state index in [1.165, 1.54) is 43.2 Å². The van der Waals surface area contributed by atoms with Gasteiger partial charge >= 0.3 is 0 Å². The molecule has 1 saturated carbocycles. The quantitative estimate of drug-likeness (QED) is 0.274. The van der Waals surface area contributed by atoms with E-state index in [1.807, 2.05) is 24.3 Å². The molecular weight excluding hydrogens is 391 g/mol. The Balaban J connectivity index is 1.46. The fraction of sp³-hybridized carbons (Fsp3) is 0.355. The molecule has 1 aliphatic rings. The average molecular weight is 425 g/mol. The van der Waals surface area contributed by atoms with E-state index in [0.29, 0.717) is 16.9 Å². The minimum absolute atomic E-state index is 0.218. The smallest absolute Gasteiger partial charge is 0.146 e. The molecule has 3 aromatic carbocycles. The van der Waals surface area contributed by atoms with Crippen LogP contribution in [0.3, 0.4) is 0 Å². The number of aryl methyl sites for hydroxylation is 1. The van der Waals surface area contributed by atoms with Gasteiger partial charge in [0.1, 0.15) is 5.82 Å². The molecule has 1 heteroatoms. The largest absolute Gasteiger partial charge is 0.205 e. The van der Waals surface area contributed by atoms with E-state index in [9.17, 15) is 0 Å². The number of allylic oxidation sites excluding steroid dienone is 1. The Labute approximate surface area is 192 Å². The maximum Gasteiger partial charge on any atom is 0.146 e. The van der Waals surface area contributed by atoms with E-state index < -0.39 is 0 Å². The van der Waals surface area contributed by atoms with Crippen LogP contribution >= 0.6 is 0 Å². The summed E-state index contributed by atoms with van der Waals surface area (Å²) < 4.78 is 15.0. The van der Waals surface area contributed by atoms with Crippen molar-refractivity contribution in [2.45, 2.75) is 64.2 Å². The number of benzene rings is 3. The molecule has 0 heterocycles. The van der Waals surface area contributed by atoms with Gasteiger partial charge < -0.3 is 0 Å². The van der Waals surface area contributed by atoms with Gasteiger partial charge in [0.25, 0.3) is 0 Å². The summed E-state index contributed by atoms with van der Waals surface area (Å²) in [5, 5.41) is 1.60. The number of hydrogen-bond donors (Lipinski definition) is 0. The van der Waals surface area contributed by atoms with Crippen LogP contribution in [0.25, 0.3) is 10.8 Å². The molecular formula is C31H33F. The topological polar surface area (TPSA) is 0 Å². The summed E-state index contributed by atoms with van der Waals surface area (Å²) >= 11 is 0. The van der Waals surface area contributed by atoms with E-state index in [4.69, 9.17) is 0 Å². The Hall–Kier alpha value is -2.85. The van der Waals surface area contributed by atoms with Crippen LogP contribution in [0.4, 0.5) is 4.39 Å². The Morgan fingerprint density at radius 2 is 1.75 bits per heavy atom. The van der Waals surface area contributed by atoms with Crippen molar-refractivity contribution in [2.75, 3.05) is 0 Å². The van der Waals surface area contributed by atoms with Crippen LogP contribution in [0, 0.1) is 23.6 Å². The number of unbranched alkanes of at least 4 members (excludes halogenated alkanes) is 1. The van der Waals surface area contributed by atoms with Gasteiger partial charge in [-0.25, -0.2) is 4.39 Å². The zero-order valence-electron chi connectivity index (χ0n) is 19.2. The Bertz CT molecular complexity index is 1120. The van der Waals surface area contributed by atoms with Gasteiger partial charge in [0, 0.05) is 10.9 Å². The molecule has 164 valence electrons. The van der Waals surface area contributed by atoms with Crippen LogP contribution in [-0.4, -0.2) is 0 Å². The van der Waals surface area contributed by atoms with Crippen molar-refractivity contribution in [3.05, 3.63) is 95.3 Å². The molecule has 0 N–H and O–H groups in total. The second-order valence-corrected chi connectivity index (χ2v) is 9.20. The summed E-state index contributed by atoms with van der Waals surface area (Å²) in [6.07, 6.45) is 11.7. The summed E-state index contributed by atoms with van der Waals surface area (Å²) in [4.78, 5) is 0. The second-order valence-electron chi connectivity index (χ2n) is 9.20. The number of halogens is 1. The van der Waals surface area contributed by atoms with Crippen LogP contribution in [-0.2, 0) is 6.42 Å². The number of hydrogen-bond acceptors (Lipinski definition) is 0. The van der Waals surface area contributed by atoms with E-state index >= 15 is 4.39 Å². The lowest BCUT2D eigenvalue weighted by Gasteiger charge is -2.28. The highest BCUT2D eigenvalue weighted by atomic mass is 19.1. The monoisotopic (exact) mass is 424 g/mol. The van der Waals surface area contributed by atoms with Crippen molar-refractivity contribution in [3.8, 4) is 11.8 Å². The summed E-state index contributed by atoms with van der Waals surface area (Å²) in [6.45, 7) is 6.07. The first kappa shape index (κ1) is 22.3. The minimum Gasteiger partial charge on any atom is -0.205 e. The van der Waals surface area contributed by atoms with Gasteiger partial charge in [-0.2, -0.15) is 0 Å². The Morgan fingerprint density at radius 3 is 2.47 bits per heavy atom. The Morgan fingerprint density at radius 1 is 0.969 bits per heavy atom. The van der Waals surface area contributed by atoms with Crippen LogP contribution in [0.15, 0.2) is 67.3 Å². The van der Waals surface area contributed by atoms with Gasteiger partial charge in [-0.3, -0.25) is 0 Å². The maximum absolute atomic E-state index is 15.0. The third kappa shape index (κ3) is 5.31. The lowest BCUT2D eigenvalue weighted by Crippen LogP contribution is -2.12. The average Bonchev–Trinajstić information content (AvgIpc) is 2.83. The molecule has 0 spiro atoms. The van der Waals surface area contributed by atoms with Crippen molar-refractivity contribution in [3.63, 3.8) is 0 Å². The van der Waals surface area contributed by atoms with Gasteiger partial charge in [0.15, 0.2) is 0 Å². The highest BCUT2D eigenvalue weighted by molar-refractivity contribution is 5.85. The fourth-order valence-electron chi connectivity index (χ4n) is 4.92. The molecule has 0 bridgehead atoms. The van der Waals surface area contributed by atoms with Crippen LogP contribution in [0.1, 0.15) is 80.0 Å².